The fourth-order valence-electron chi connectivity index (χ4n) is 0.277. The van der Waals surface area contributed by atoms with Gasteiger partial charge < -0.3 is 4.74 Å². The zero-order valence-electron chi connectivity index (χ0n) is 6.14. The minimum absolute atomic E-state index is 0.132. The second-order valence-electron chi connectivity index (χ2n) is 2.70. The summed E-state index contributed by atoms with van der Waals surface area (Å²) in [4.78, 5) is 0. The van der Waals surface area contributed by atoms with Gasteiger partial charge in [-0.2, -0.15) is 0 Å². The highest BCUT2D eigenvalue weighted by Crippen LogP contribution is 2.05. The summed E-state index contributed by atoms with van der Waals surface area (Å²) in [5.74, 6) is 2.33. The molecule has 50 valence electrons. The third-order valence-corrected chi connectivity index (χ3v) is 0.586. The molecule has 0 fully saturated rings. The standard InChI is InChI=1S/C8H12O/c1-5-6-7-9-8(2,3)4/h1,6-7H,2-4H3/b7-6+. The molecule has 0 rings (SSSR count). The molecule has 9 heavy (non-hydrogen) atoms. The van der Waals surface area contributed by atoms with Crippen molar-refractivity contribution in [3.8, 4) is 12.3 Å². The molecule has 0 unspecified atom stereocenters. The van der Waals surface area contributed by atoms with Crippen LogP contribution in [-0.4, -0.2) is 5.60 Å². The molecule has 0 heterocycles. The summed E-state index contributed by atoms with van der Waals surface area (Å²) < 4.78 is 5.15. The summed E-state index contributed by atoms with van der Waals surface area (Å²) in [6, 6.07) is 0. The lowest BCUT2D eigenvalue weighted by atomic mass is 10.2. The molecule has 0 aliphatic rings. The van der Waals surface area contributed by atoms with E-state index in [1.165, 1.54) is 12.3 Å². The molecule has 0 bridgehead atoms. The lowest BCUT2D eigenvalue weighted by Crippen LogP contribution is -2.14. The predicted molar refractivity (Wildman–Crippen MR) is 38.8 cm³/mol. The Morgan fingerprint density at radius 1 is 1.44 bits per heavy atom. The van der Waals surface area contributed by atoms with E-state index in [-0.39, 0.29) is 5.60 Å². The van der Waals surface area contributed by atoms with E-state index in [1.54, 1.807) is 0 Å². The molecule has 0 saturated heterocycles. The summed E-state index contributed by atoms with van der Waals surface area (Å²) in [6.45, 7) is 5.90. The Morgan fingerprint density at radius 2 is 2.00 bits per heavy atom. The Bertz CT molecular complexity index is 132. The van der Waals surface area contributed by atoms with E-state index in [1.807, 2.05) is 20.8 Å². The van der Waals surface area contributed by atoms with Gasteiger partial charge >= 0.3 is 0 Å². The van der Waals surface area contributed by atoms with Gasteiger partial charge in [-0.15, -0.1) is 6.42 Å². The number of terminal acetylenes is 1. The largest absolute Gasteiger partial charge is 0.495 e. The van der Waals surface area contributed by atoms with E-state index < -0.39 is 0 Å². The second kappa shape index (κ2) is 3.19. The Labute approximate surface area is 56.7 Å². The monoisotopic (exact) mass is 124 g/mol. The van der Waals surface area contributed by atoms with Gasteiger partial charge in [0.05, 0.1) is 11.9 Å². The lowest BCUT2D eigenvalue weighted by molar-refractivity contribution is 0.0768. The van der Waals surface area contributed by atoms with Crippen molar-refractivity contribution in [3.63, 3.8) is 0 Å². The maximum absolute atomic E-state index is 5.15. The molecule has 0 amide bonds. The number of ether oxygens (including phenoxy) is 1. The van der Waals surface area contributed by atoms with Crippen LogP contribution in [-0.2, 0) is 4.74 Å². The van der Waals surface area contributed by atoms with Gasteiger partial charge in [-0.3, -0.25) is 0 Å². The van der Waals surface area contributed by atoms with Gasteiger partial charge in [0.2, 0.25) is 0 Å². The average molecular weight is 124 g/mol. The maximum atomic E-state index is 5.15. The smallest absolute Gasteiger partial charge is 0.0998 e. The summed E-state index contributed by atoms with van der Waals surface area (Å²) >= 11 is 0. The molecule has 0 aliphatic carbocycles. The van der Waals surface area contributed by atoms with Gasteiger partial charge in [0.15, 0.2) is 0 Å². The molecule has 0 radical (unpaired) electrons. The predicted octanol–water partition coefficient (Wildman–Crippen LogP) is 1.95. The van der Waals surface area contributed by atoms with E-state index in [0.717, 1.165) is 0 Å². The minimum atomic E-state index is -0.132. The molecule has 1 heteroatoms. The fourth-order valence-corrected chi connectivity index (χ4v) is 0.277. The van der Waals surface area contributed by atoms with Gasteiger partial charge in [-0.1, -0.05) is 5.92 Å². The second-order valence-corrected chi connectivity index (χ2v) is 2.70. The summed E-state index contributed by atoms with van der Waals surface area (Å²) in [7, 11) is 0. The number of rotatable bonds is 1. The van der Waals surface area contributed by atoms with Crippen molar-refractivity contribution in [3.05, 3.63) is 12.3 Å². The Balaban J connectivity index is 3.54. The summed E-state index contributed by atoms with van der Waals surface area (Å²) in [6.07, 6.45) is 8.00. The highest BCUT2D eigenvalue weighted by molar-refractivity contribution is 5.06. The quantitative estimate of drug-likeness (QED) is 0.383. The molecule has 0 atom stereocenters. The number of allylic oxidation sites excluding steroid dienone is 1. The van der Waals surface area contributed by atoms with Crippen molar-refractivity contribution in [2.24, 2.45) is 0 Å². The van der Waals surface area contributed by atoms with Crippen LogP contribution in [0, 0.1) is 12.3 Å². The van der Waals surface area contributed by atoms with Gasteiger partial charge in [0, 0.05) is 6.08 Å². The van der Waals surface area contributed by atoms with E-state index in [0.29, 0.717) is 0 Å². The molecule has 0 spiro atoms. The van der Waals surface area contributed by atoms with Crippen LogP contribution in [0.5, 0.6) is 0 Å². The molecular weight excluding hydrogens is 112 g/mol. The molecule has 0 N–H and O–H groups in total. The first-order valence-corrected chi connectivity index (χ1v) is 2.85. The maximum Gasteiger partial charge on any atom is 0.0998 e. The molecule has 0 aromatic carbocycles. The van der Waals surface area contributed by atoms with Crippen LogP contribution in [0.15, 0.2) is 12.3 Å². The molecular formula is C8H12O. The Kier molecular flexibility index (Phi) is 2.87. The van der Waals surface area contributed by atoms with E-state index in [9.17, 15) is 0 Å². The normalized spacial score (nSPS) is 11.3. The Morgan fingerprint density at radius 3 is 2.33 bits per heavy atom. The van der Waals surface area contributed by atoms with Crippen molar-refractivity contribution in [2.45, 2.75) is 26.4 Å². The van der Waals surface area contributed by atoms with E-state index >= 15 is 0 Å². The molecule has 0 aromatic rings. The van der Waals surface area contributed by atoms with Crippen molar-refractivity contribution in [1.82, 2.24) is 0 Å². The first kappa shape index (κ1) is 8.10. The lowest BCUT2D eigenvalue weighted by Gasteiger charge is -2.16. The van der Waals surface area contributed by atoms with Crippen LogP contribution in [0.25, 0.3) is 0 Å². The fraction of sp³-hybridized carbons (Fsp3) is 0.500. The number of hydrogen-bond acceptors (Lipinski definition) is 1. The highest BCUT2D eigenvalue weighted by Gasteiger charge is 2.06. The van der Waals surface area contributed by atoms with Crippen molar-refractivity contribution < 1.29 is 4.74 Å². The van der Waals surface area contributed by atoms with Crippen LogP contribution in [0.4, 0.5) is 0 Å². The topological polar surface area (TPSA) is 9.23 Å². The third-order valence-electron chi connectivity index (χ3n) is 0.586. The first-order valence-electron chi connectivity index (χ1n) is 2.85. The van der Waals surface area contributed by atoms with Gasteiger partial charge in [-0.05, 0) is 20.8 Å². The van der Waals surface area contributed by atoms with Crippen LogP contribution in [0.2, 0.25) is 0 Å². The van der Waals surface area contributed by atoms with E-state index in [2.05, 4.69) is 5.92 Å². The minimum Gasteiger partial charge on any atom is -0.495 e. The molecule has 0 saturated carbocycles. The van der Waals surface area contributed by atoms with Crippen LogP contribution < -0.4 is 0 Å². The number of hydrogen-bond donors (Lipinski definition) is 0. The average Bonchev–Trinajstić information content (AvgIpc) is 1.63. The van der Waals surface area contributed by atoms with Crippen molar-refractivity contribution >= 4 is 0 Å². The zero-order valence-corrected chi connectivity index (χ0v) is 6.14. The summed E-state index contributed by atoms with van der Waals surface area (Å²) in [5, 5.41) is 0. The first-order chi connectivity index (χ1) is 4.06. The molecule has 1 nitrogen and oxygen atoms in total. The van der Waals surface area contributed by atoms with Crippen LogP contribution in [0.1, 0.15) is 20.8 Å². The highest BCUT2D eigenvalue weighted by atomic mass is 16.5. The van der Waals surface area contributed by atoms with Gasteiger partial charge in [-0.25, -0.2) is 0 Å². The van der Waals surface area contributed by atoms with Gasteiger partial charge in [0.1, 0.15) is 0 Å². The third kappa shape index (κ3) is 7.10. The van der Waals surface area contributed by atoms with E-state index in [4.69, 9.17) is 11.2 Å². The summed E-state index contributed by atoms with van der Waals surface area (Å²) in [5.41, 5.74) is -0.132. The van der Waals surface area contributed by atoms with Crippen LogP contribution >= 0.6 is 0 Å². The Hall–Kier alpha value is -0.900. The zero-order chi connectivity index (χ0) is 7.33. The SMILES string of the molecule is C#C/C=C/OC(C)(C)C. The van der Waals surface area contributed by atoms with Gasteiger partial charge in [0.25, 0.3) is 0 Å². The molecule has 0 aliphatic heterocycles. The molecule has 0 aromatic heterocycles. The van der Waals surface area contributed by atoms with Crippen molar-refractivity contribution in [1.29, 1.82) is 0 Å². The van der Waals surface area contributed by atoms with Crippen LogP contribution in [0.3, 0.4) is 0 Å². The van der Waals surface area contributed by atoms with Crippen molar-refractivity contribution in [2.75, 3.05) is 0 Å².